The number of amides is 1. The smallest absolute Gasteiger partial charge is 0.309 e. The molecule has 9 rings (SSSR count). The first-order chi connectivity index (χ1) is 27.9. The van der Waals surface area contributed by atoms with Crippen LogP contribution >= 0.6 is 23.2 Å². The van der Waals surface area contributed by atoms with Crippen LogP contribution in [-0.2, 0) is 31.4 Å². The lowest BCUT2D eigenvalue weighted by molar-refractivity contribution is -0.148. The first kappa shape index (κ1) is 39.2. The van der Waals surface area contributed by atoms with Gasteiger partial charge in [-0.1, -0.05) is 53.5 Å². The van der Waals surface area contributed by atoms with Gasteiger partial charge in [0.1, 0.15) is 17.3 Å². The number of hydrogen-bond donors (Lipinski definition) is 2. The van der Waals surface area contributed by atoms with Gasteiger partial charge in [0.2, 0.25) is 0 Å². The summed E-state index contributed by atoms with van der Waals surface area (Å²) in [5.74, 6) is 0.119. The largest absolute Gasteiger partial charge is 0.496 e. The molecule has 4 fully saturated rings. The quantitative estimate of drug-likeness (QED) is 0.145. The van der Waals surface area contributed by atoms with E-state index in [-0.39, 0.29) is 17.0 Å². The predicted octanol–water partition coefficient (Wildman–Crippen LogP) is 9.29. The summed E-state index contributed by atoms with van der Waals surface area (Å²) in [4.78, 5) is 39.8. The number of anilines is 1. The highest BCUT2D eigenvalue weighted by atomic mass is 35.5. The lowest BCUT2D eigenvalue weighted by Crippen LogP contribution is -2.34. The molecule has 1 amide bonds. The van der Waals surface area contributed by atoms with E-state index in [0.717, 1.165) is 94.0 Å². The number of nitrogens with zero attached hydrogens (tertiary/aromatic N) is 5. The Hall–Kier alpha value is -4.29. The van der Waals surface area contributed by atoms with Crippen LogP contribution in [0, 0.1) is 16.7 Å². The molecule has 2 aromatic heterocycles. The zero-order chi connectivity index (χ0) is 40.3. The molecule has 2 atom stereocenters. The van der Waals surface area contributed by atoms with Crippen LogP contribution in [0.2, 0.25) is 10.0 Å². The number of ether oxygens (including phenoxy) is 1. The first-order valence-electron chi connectivity index (χ1n) is 20.5. The van der Waals surface area contributed by atoms with Crippen molar-refractivity contribution in [2.24, 2.45) is 23.8 Å². The Morgan fingerprint density at radius 2 is 1.86 bits per heavy atom. The van der Waals surface area contributed by atoms with Crippen molar-refractivity contribution < 1.29 is 23.8 Å². The number of rotatable bonds is 12. The number of carbonyl (C=O) groups excluding carboxylic acids is 1. The van der Waals surface area contributed by atoms with E-state index in [1.165, 1.54) is 25.3 Å². The number of aliphatic carboxylic acids is 1. The summed E-state index contributed by atoms with van der Waals surface area (Å²) >= 11 is 13.9. The number of benzene rings is 2. The average Bonchev–Trinajstić information content (AvgIpc) is 4.07. The summed E-state index contributed by atoms with van der Waals surface area (Å²) < 4.78 is 23.4. The van der Waals surface area contributed by atoms with Crippen LogP contribution in [0.4, 0.5) is 10.1 Å². The molecule has 3 aliphatic carbocycles. The molecule has 5 aliphatic rings. The fourth-order valence-corrected chi connectivity index (χ4v) is 11.3. The zero-order valence-corrected chi connectivity index (χ0v) is 34.5. The Kier molecular flexibility index (Phi) is 10.4. The number of carboxylic acid groups (broad SMARTS) is 1. The zero-order valence-electron chi connectivity index (χ0n) is 33.0. The number of halogens is 3. The maximum Gasteiger partial charge on any atom is 0.309 e. The van der Waals surface area contributed by atoms with Crippen molar-refractivity contribution in [2.75, 3.05) is 32.1 Å². The lowest BCUT2D eigenvalue weighted by atomic mass is 9.80. The second-order valence-corrected chi connectivity index (χ2v) is 18.1. The molecule has 0 radical (unpaired) electrons. The molecule has 3 saturated carbocycles. The molecule has 13 heteroatoms. The number of fused-ring (bicyclic) bond motifs is 5. The molecule has 2 unspecified atom stereocenters. The number of pyridine rings is 1. The number of carbonyl (C=O) groups is 2. The Balaban J connectivity index is 0.877. The van der Waals surface area contributed by atoms with Crippen LogP contribution in [0.3, 0.4) is 0 Å². The SMILES string of the molecule is COc1cc(/C(F)=C/c2cccc(-c3cccc(NC(=O)c4nc5c(n4C)CCN(CCC46CCC(C(=O)O)(CC4)C6)C5)c3Cl)c2Cl)ncc1CN1CC2CCC1C2. The highest BCUT2D eigenvalue weighted by Crippen LogP contribution is 2.63. The topological polar surface area (TPSA) is 113 Å². The second-order valence-electron chi connectivity index (χ2n) is 17.4. The van der Waals surface area contributed by atoms with Gasteiger partial charge < -0.3 is 19.7 Å². The molecule has 4 aromatic rings. The molecule has 2 aromatic carbocycles. The third kappa shape index (κ3) is 7.11. The van der Waals surface area contributed by atoms with Crippen LogP contribution in [-0.4, -0.2) is 74.1 Å². The van der Waals surface area contributed by atoms with Gasteiger partial charge in [0.25, 0.3) is 5.91 Å². The molecule has 1 saturated heterocycles. The van der Waals surface area contributed by atoms with E-state index in [0.29, 0.717) is 56.6 Å². The predicted molar refractivity (Wildman–Crippen MR) is 224 cm³/mol. The van der Waals surface area contributed by atoms with E-state index < -0.39 is 17.2 Å². The summed E-state index contributed by atoms with van der Waals surface area (Å²) in [5, 5.41) is 13.4. The second kappa shape index (κ2) is 15.4. The van der Waals surface area contributed by atoms with Gasteiger partial charge in [-0.05, 0) is 93.4 Å². The van der Waals surface area contributed by atoms with E-state index in [1.807, 2.05) is 23.7 Å². The molecule has 4 heterocycles. The van der Waals surface area contributed by atoms with Crippen molar-refractivity contribution in [3.63, 3.8) is 0 Å². The summed E-state index contributed by atoms with van der Waals surface area (Å²) in [5.41, 5.74) is 4.66. The molecule has 10 nitrogen and oxygen atoms in total. The minimum atomic E-state index is -0.629. The summed E-state index contributed by atoms with van der Waals surface area (Å²) in [6.45, 7) is 4.22. The third-order valence-corrected chi connectivity index (χ3v) is 14.9. The number of likely N-dealkylation sites (tertiary alicyclic amines) is 1. The standard InChI is InChI=1S/C45H49Cl2FN6O4/c1-52-37-11-17-53(18-16-44-12-14-45(26-44,15-13-44)43(56)57)25-36(37)50-41(52)42(55)51-34-8-4-7-32(40(34)47)31-6-3-5-28(39(31)46)20-33(48)35-21-38(58-2)29(22-49-35)24-54-23-27-9-10-30(54)19-27/h3-8,20-22,27,30H,9-19,23-26H2,1-2H3,(H,51,55)(H,56,57)/b33-20-. The normalized spacial score (nSPS) is 25.4. The van der Waals surface area contributed by atoms with Crippen molar-refractivity contribution in [2.45, 2.75) is 83.3 Å². The van der Waals surface area contributed by atoms with Crippen LogP contribution < -0.4 is 10.1 Å². The van der Waals surface area contributed by atoms with Gasteiger partial charge in [-0.2, -0.15) is 0 Å². The van der Waals surface area contributed by atoms with Gasteiger partial charge in [0.05, 0.1) is 34.0 Å². The Labute approximate surface area is 348 Å². The van der Waals surface area contributed by atoms with E-state index in [2.05, 4.69) is 20.1 Å². The van der Waals surface area contributed by atoms with Crippen LogP contribution in [0.5, 0.6) is 5.75 Å². The highest BCUT2D eigenvalue weighted by molar-refractivity contribution is 6.39. The third-order valence-electron chi connectivity index (χ3n) is 14.1. The molecule has 4 bridgehead atoms. The van der Waals surface area contributed by atoms with Crippen molar-refractivity contribution in [3.8, 4) is 16.9 Å². The molecular formula is C45H49Cl2FN6O4. The van der Waals surface area contributed by atoms with E-state index in [1.54, 1.807) is 43.6 Å². The van der Waals surface area contributed by atoms with Crippen molar-refractivity contribution in [3.05, 3.63) is 92.7 Å². The molecular weight excluding hydrogens is 778 g/mol. The maximum atomic E-state index is 15.8. The van der Waals surface area contributed by atoms with E-state index >= 15 is 4.39 Å². The van der Waals surface area contributed by atoms with Crippen molar-refractivity contribution in [1.82, 2.24) is 24.3 Å². The van der Waals surface area contributed by atoms with E-state index in [9.17, 15) is 14.7 Å². The van der Waals surface area contributed by atoms with Crippen LogP contribution in [0.25, 0.3) is 23.0 Å². The Morgan fingerprint density at radius 3 is 2.57 bits per heavy atom. The maximum absolute atomic E-state index is 15.8. The molecule has 2 aliphatic heterocycles. The van der Waals surface area contributed by atoms with Gasteiger partial charge in [-0.25, -0.2) is 9.37 Å². The highest BCUT2D eigenvalue weighted by Gasteiger charge is 2.57. The molecule has 58 heavy (non-hydrogen) atoms. The number of aromatic nitrogens is 3. The Bertz CT molecular complexity index is 2320. The van der Waals surface area contributed by atoms with Gasteiger partial charge in [0, 0.05) is 80.3 Å². The van der Waals surface area contributed by atoms with Crippen LogP contribution in [0.1, 0.15) is 96.6 Å². The number of piperidine rings is 1. The summed E-state index contributed by atoms with van der Waals surface area (Å²) in [7, 11) is 3.46. The lowest BCUT2D eigenvalue weighted by Gasteiger charge is -2.32. The molecule has 304 valence electrons. The van der Waals surface area contributed by atoms with Gasteiger partial charge in [-0.15, -0.1) is 0 Å². The average molecular weight is 828 g/mol. The Morgan fingerprint density at radius 1 is 1.09 bits per heavy atom. The van der Waals surface area contributed by atoms with E-state index in [4.69, 9.17) is 32.9 Å². The van der Waals surface area contributed by atoms with Gasteiger partial charge in [-0.3, -0.25) is 24.4 Å². The van der Waals surface area contributed by atoms with Crippen molar-refractivity contribution in [1.29, 1.82) is 0 Å². The van der Waals surface area contributed by atoms with Gasteiger partial charge >= 0.3 is 5.97 Å². The monoisotopic (exact) mass is 826 g/mol. The summed E-state index contributed by atoms with van der Waals surface area (Å²) in [6.07, 6.45) is 13.0. The first-order valence-corrected chi connectivity index (χ1v) is 21.2. The number of carboxylic acids is 1. The fourth-order valence-electron chi connectivity index (χ4n) is 10.8. The minimum Gasteiger partial charge on any atom is -0.496 e. The molecule has 2 N–H and O–H groups in total. The fraction of sp³-hybridized carbons (Fsp3) is 0.467. The van der Waals surface area contributed by atoms with Crippen molar-refractivity contribution >= 4 is 52.7 Å². The van der Waals surface area contributed by atoms with Crippen LogP contribution in [0.15, 0.2) is 48.7 Å². The number of imidazole rings is 1. The number of hydrogen-bond acceptors (Lipinski definition) is 7. The molecule has 0 spiro atoms. The minimum absolute atomic E-state index is 0.130. The number of nitrogens with one attached hydrogen (secondary N) is 1. The summed E-state index contributed by atoms with van der Waals surface area (Å²) in [6, 6.07) is 12.9. The van der Waals surface area contributed by atoms with Gasteiger partial charge in [0.15, 0.2) is 5.82 Å². The number of methoxy groups -OCH3 is 1.